The van der Waals surface area contributed by atoms with Crippen molar-refractivity contribution in [1.82, 2.24) is 4.98 Å². The lowest BCUT2D eigenvalue weighted by Crippen LogP contribution is -2.17. The molecule has 0 unspecified atom stereocenters. The third-order valence-corrected chi connectivity index (χ3v) is 4.14. The average Bonchev–Trinajstić information content (AvgIpc) is 2.63. The number of esters is 2. The van der Waals surface area contributed by atoms with Gasteiger partial charge in [0.05, 0.1) is 30.5 Å². The number of hydrogen-bond donors (Lipinski definition) is 1. The second-order valence-corrected chi connectivity index (χ2v) is 5.96. The molecule has 2 rings (SSSR count). The number of rotatable bonds is 5. The van der Waals surface area contributed by atoms with Gasteiger partial charge < -0.3 is 14.8 Å². The van der Waals surface area contributed by atoms with Crippen LogP contribution >= 0.6 is 0 Å². The lowest BCUT2D eigenvalue weighted by atomic mass is 10.0. The number of pyridine rings is 1. The molecule has 1 aromatic heterocycles. The van der Waals surface area contributed by atoms with Gasteiger partial charge in [0.1, 0.15) is 5.69 Å². The highest BCUT2D eigenvalue weighted by molar-refractivity contribution is 6.04. The number of hydrogen-bond acceptors (Lipinski definition) is 6. The standard InChI is InChI=1S/C20H22N2O5/c1-6-27-20(25)15-7-8-17(21-13(15)4)18(23)22-14-9-11(2)12(3)16(10-14)19(24)26-5/h7-10H,6H2,1-5H3,(H,22,23). The van der Waals surface area contributed by atoms with Crippen molar-refractivity contribution >= 4 is 23.5 Å². The molecular formula is C20H22N2O5. The molecular weight excluding hydrogens is 348 g/mol. The zero-order chi connectivity index (χ0) is 20.1. The van der Waals surface area contributed by atoms with E-state index in [2.05, 4.69) is 10.3 Å². The van der Waals surface area contributed by atoms with Crippen LogP contribution in [-0.4, -0.2) is 36.5 Å². The fourth-order valence-corrected chi connectivity index (χ4v) is 2.56. The number of aromatic nitrogens is 1. The monoisotopic (exact) mass is 370 g/mol. The van der Waals surface area contributed by atoms with E-state index in [9.17, 15) is 14.4 Å². The predicted molar refractivity (Wildman–Crippen MR) is 100 cm³/mol. The number of ether oxygens (including phenoxy) is 2. The van der Waals surface area contributed by atoms with Gasteiger partial charge in [0.15, 0.2) is 0 Å². The molecule has 0 aliphatic rings. The highest BCUT2D eigenvalue weighted by Crippen LogP contribution is 2.21. The van der Waals surface area contributed by atoms with Gasteiger partial charge in [-0.3, -0.25) is 4.79 Å². The minimum absolute atomic E-state index is 0.151. The predicted octanol–water partition coefficient (Wildman–Crippen LogP) is 3.22. The maximum Gasteiger partial charge on any atom is 0.339 e. The molecule has 1 aromatic carbocycles. The first-order chi connectivity index (χ1) is 12.8. The van der Waals surface area contributed by atoms with E-state index in [1.807, 2.05) is 13.8 Å². The molecule has 0 radical (unpaired) electrons. The smallest absolute Gasteiger partial charge is 0.339 e. The molecule has 1 N–H and O–H groups in total. The summed E-state index contributed by atoms with van der Waals surface area (Å²) in [6.45, 7) is 7.26. The first-order valence-electron chi connectivity index (χ1n) is 8.44. The summed E-state index contributed by atoms with van der Waals surface area (Å²) in [5.74, 6) is -1.40. The molecule has 0 saturated heterocycles. The van der Waals surface area contributed by atoms with Gasteiger partial charge in [-0.2, -0.15) is 0 Å². The largest absolute Gasteiger partial charge is 0.465 e. The van der Waals surface area contributed by atoms with Crippen LogP contribution in [0.5, 0.6) is 0 Å². The molecule has 0 aliphatic carbocycles. The first-order valence-corrected chi connectivity index (χ1v) is 8.44. The Labute approximate surface area is 157 Å². The van der Waals surface area contributed by atoms with Crippen LogP contribution in [-0.2, 0) is 9.47 Å². The van der Waals surface area contributed by atoms with Gasteiger partial charge in [-0.05, 0) is 63.1 Å². The van der Waals surface area contributed by atoms with Crippen molar-refractivity contribution in [3.63, 3.8) is 0 Å². The highest BCUT2D eigenvalue weighted by atomic mass is 16.5. The van der Waals surface area contributed by atoms with Crippen LogP contribution in [0.3, 0.4) is 0 Å². The van der Waals surface area contributed by atoms with Crippen LogP contribution in [0.2, 0.25) is 0 Å². The lowest BCUT2D eigenvalue weighted by molar-refractivity contribution is 0.0523. The molecule has 27 heavy (non-hydrogen) atoms. The van der Waals surface area contributed by atoms with Crippen LogP contribution in [0, 0.1) is 20.8 Å². The molecule has 1 amide bonds. The van der Waals surface area contributed by atoms with Gasteiger partial charge in [0, 0.05) is 5.69 Å². The molecule has 7 nitrogen and oxygen atoms in total. The Morgan fingerprint density at radius 3 is 2.33 bits per heavy atom. The number of carbonyl (C=O) groups is 3. The van der Waals surface area contributed by atoms with Gasteiger partial charge in [-0.15, -0.1) is 0 Å². The number of nitrogens with zero attached hydrogens (tertiary/aromatic N) is 1. The number of amides is 1. The zero-order valence-electron chi connectivity index (χ0n) is 16.0. The van der Waals surface area contributed by atoms with E-state index in [0.29, 0.717) is 22.5 Å². The van der Waals surface area contributed by atoms with Gasteiger partial charge in [-0.1, -0.05) is 0 Å². The second kappa shape index (κ2) is 8.44. The molecule has 0 spiro atoms. The fourth-order valence-electron chi connectivity index (χ4n) is 2.56. The van der Waals surface area contributed by atoms with Crippen molar-refractivity contribution in [1.29, 1.82) is 0 Å². The third kappa shape index (κ3) is 4.49. The molecule has 0 saturated carbocycles. The minimum atomic E-state index is -0.480. The molecule has 0 bridgehead atoms. The number of carbonyl (C=O) groups excluding carboxylic acids is 3. The minimum Gasteiger partial charge on any atom is -0.465 e. The fraction of sp³-hybridized carbons (Fsp3) is 0.300. The molecule has 1 heterocycles. The normalized spacial score (nSPS) is 10.3. The Bertz CT molecular complexity index is 905. The maximum atomic E-state index is 12.5. The zero-order valence-corrected chi connectivity index (χ0v) is 16.0. The molecule has 2 aromatic rings. The van der Waals surface area contributed by atoms with E-state index in [4.69, 9.17) is 9.47 Å². The lowest BCUT2D eigenvalue weighted by Gasteiger charge is -2.12. The van der Waals surface area contributed by atoms with Crippen LogP contribution in [0.25, 0.3) is 0 Å². The van der Waals surface area contributed by atoms with Gasteiger partial charge in [0.25, 0.3) is 5.91 Å². The number of aryl methyl sites for hydroxylation is 2. The highest BCUT2D eigenvalue weighted by Gasteiger charge is 2.17. The number of benzene rings is 1. The molecule has 0 fully saturated rings. The molecule has 7 heteroatoms. The van der Waals surface area contributed by atoms with Crippen LogP contribution in [0.4, 0.5) is 5.69 Å². The first kappa shape index (κ1) is 20.1. The van der Waals surface area contributed by atoms with Gasteiger partial charge in [-0.25, -0.2) is 14.6 Å². The summed E-state index contributed by atoms with van der Waals surface area (Å²) in [4.78, 5) is 40.4. The second-order valence-electron chi connectivity index (χ2n) is 5.96. The van der Waals surface area contributed by atoms with Crippen molar-refractivity contribution < 1.29 is 23.9 Å². The number of methoxy groups -OCH3 is 1. The number of nitrogens with one attached hydrogen (secondary N) is 1. The molecule has 0 atom stereocenters. The summed E-state index contributed by atoms with van der Waals surface area (Å²) in [7, 11) is 1.31. The quantitative estimate of drug-likeness (QED) is 0.812. The topological polar surface area (TPSA) is 94.6 Å². The van der Waals surface area contributed by atoms with E-state index in [0.717, 1.165) is 11.1 Å². The average molecular weight is 370 g/mol. The van der Waals surface area contributed by atoms with Crippen molar-refractivity contribution in [2.45, 2.75) is 27.7 Å². The third-order valence-electron chi connectivity index (χ3n) is 4.14. The summed E-state index contributed by atoms with van der Waals surface area (Å²) >= 11 is 0. The Kier molecular flexibility index (Phi) is 6.28. The SMILES string of the molecule is CCOC(=O)c1ccc(C(=O)Nc2cc(C)c(C)c(C(=O)OC)c2)nc1C. The van der Waals surface area contributed by atoms with Crippen molar-refractivity contribution in [3.05, 3.63) is 57.9 Å². The van der Waals surface area contributed by atoms with Crippen LogP contribution < -0.4 is 5.32 Å². The Morgan fingerprint density at radius 1 is 1.04 bits per heavy atom. The Balaban J connectivity index is 2.27. The van der Waals surface area contributed by atoms with E-state index >= 15 is 0 Å². The van der Waals surface area contributed by atoms with Gasteiger partial charge >= 0.3 is 11.9 Å². The number of anilines is 1. The Hall–Kier alpha value is -3.22. The van der Waals surface area contributed by atoms with E-state index in [1.165, 1.54) is 19.2 Å². The maximum absolute atomic E-state index is 12.5. The molecule has 0 aliphatic heterocycles. The summed E-state index contributed by atoms with van der Waals surface area (Å²) < 4.78 is 9.73. The summed E-state index contributed by atoms with van der Waals surface area (Å²) in [5, 5.41) is 2.72. The van der Waals surface area contributed by atoms with Crippen LogP contribution in [0.15, 0.2) is 24.3 Å². The van der Waals surface area contributed by atoms with Crippen LogP contribution in [0.1, 0.15) is 54.9 Å². The van der Waals surface area contributed by atoms with E-state index in [1.54, 1.807) is 26.0 Å². The summed E-state index contributed by atoms with van der Waals surface area (Å²) in [6, 6.07) is 6.29. The van der Waals surface area contributed by atoms with E-state index in [-0.39, 0.29) is 12.3 Å². The van der Waals surface area contributed by atoms with E-state index < -0.39 is 17.8 Å². The summed E-state index contributed by atoms with van der Waals surface area (Å²) in [5.41, 5.74) is 3.33. The molecule has 142 valence electrons. The van der Waals surface area contributed by atoms with Gasteiger partial charge in [0.2, 0.25) is 0 Å². The Morgan fingerprint density at radius 2 is 1.74 bits per heavy atom. The van der Waals surface area contributed by atoms with Crippen molar-refractivity contribution in [3.8, 4) is 0 Å². The summed E-state index contributed by atoms with van der Waals surface area (Å²) in [6.07, 6.45) is 0. The van der Waals surface area contributed by atoms with Crippen molar-refractivity contribution in [2.24, 2.45) is 0 Å². The van der Waals surface area contributed by atoms with Crippen molar-refractivity contribution in [2.75, 3.05) is 19.0 Å².